The molecule has 0 radical (unpaired) electrons. The van der Waals surface area contributed by atoms with Crippen molar-refractivity contribution in [1.82, 2.24) is 0 Å². The summed E-state index contributed by atoms with van der Waals surface area (Å²) in [5.74, 6) is 0.135. The van der Waals surface area contributed by atoms with Crippen LogP contribution in [-0.4, -0.2) is 23.2 Å². The van der Waals surface area contributed by atoms with Crippen molar-refractivity contribution >= 4 is 11.8 Å². The summed E-state index contributed by atoms with van der Waals surface area (Å²) in [5, 5.41) is 10.4. The number of hydrogen-bond acceptors (Lipinski definition) is 5. The molecule has 1 aromatic carbocycles. The lowest BCUT2D eigenvalue weighted by Gasteiger charge is -2.11. The number of nitrogens with zero attached hydrogens (tertiary/aromatic N) is 2. The second-order valence-corrected chi connectivity index (χ2v) is 4.32. The lowest BCUT2D eigenvalue weighted by molar-refractivity contribution is -0.384. The molecular weight excluding hydrogens is 252 g/mol. The summed E-state index contributed by atoms with van der Waals surface area (Å²) in [6.07, 6.45) is -0.953. The highest BCUT2D eigenvalue weighted by molar-refractivity contribution is 5.64. The molecule has 0 aliphatic rings. The maximum absolute atomic E-state index is 11.3. The third kappa shape index (κ3) is 4.63. The van der Waals surface area contributed by atoms with E-state index in [2.05, 4.69) is 4.85 Å². The molecule has 0 saturated heterocycles. The van der Waals surface area contributed by atoms with Gasteiger partial charge < -0.3 is 14.3 Å². The minimum absolute atomic E-state index is 0.0949. The van der Waals surface area contributed by atoms with Crippen LogP contribution in [0.5, 0.6) is 5.75 Å². The van der Waals surface area contributed by atoms with E-state index in [1.807, 2.05) is 0 Å². The third-order valence-electron chi connectivity index (χ3n) is 2.09. The summed E-state index contributed by atoms with van der Waals surface area (Å²) in [4.78, 5) is 24.5. The van der Waals surface area contributed by atoms with E-state index in [9.17, 15) is 14.9 Å². The average molecular weight is 264 g/mol. The van der Waals surface area contributed by atoms with Crippen LogP contribution in [0, 0.1) is 16.7 Å². The lowest BCUT2D eigenvalue weighted by Crippen LogP contribution is -2.25. The van der Waals surface area contributed by atoms with Crippen LogP contribution in [0.15, 0.2) is 24.3 Å². The van der Waals surface area contributed by atoms with Gasteiger partial charge in [0.25, 0.3) is 11.2 Å². The Labute approximate surface area is 109 Å². The van der Waals surface area contributed by atoms with Crippen molar-refractivity contribution in [1.29, 1.82) is 0 Å². The van der Waals surface area contributed by atoms with E-state index in [4.69, 9.17) is 16.0 Å². The molecule has 1 rings (SSSR count). The van der Waals surface area contributed by atoms with Gasteiger partial charge in [-0.05, 0) is 12.1 Å². The monoisotopic (exact) mass is 264 g/mol. The molecule has 0 aliphatic heterocycles. The standard InChI is InChI=1S/C12H12N2O5/c1-12(2,13-3)8-18-11(15)19-10-6-4-9(5-7-10)14(16)17/h4-7H,8H2,1-2H3. The first-order chi connectivity index (χ1) is 8.84. The average Bonchev–Trinajstić information content (AvgIpc) is 2.37. The molecule has 0 heterocycles. The van der Waals surface area contributed by atoms with Gasteiger partial charge in [0.05, 0.1) is 4.92 Å². The smallest absolute Gasteiger partial charge is 0.425 e. The van der Waals surface area contributed by atoms with Gasteiger partial charge in [-0.3, -0.25) is 10.1 Å². The molecule has 19 heavy (non-hydrogen) atoms. The van der Waals surface area contributed by atoms with Crippen LogP contribution in [0.2, 0.25) is 0 Å². The molecule has 0 unspecified atom stereocenters. The number of hydrogen-bond donors (Lipinski definition) is 0. The van der Waals surface area contributed by atoms with Gasteiger partial charge in [0.15, 0.2) is 6.61 Å². The van der Waals surface area contributed by atoms with Crippen LogP contribution in [0.3, 0.4) is 0 Å². The van der Waals surface area contributed by atoms with Crippen molar-refractivity contribution < 1.29 is 19.2 Å². The molecule has 0 fully saturated rings. The van der Waals surface area contributed by atoms with E-state index in [0.717, 1.165) is 0 Å². The number of nitro groups is 1. The maximum atomic E-state index is 11.3. The molecule has 0 saturated carbocycles. The van der Waals surface area contributed by atoms with Crippen molar-refractivity contribution in [3.63, 3.8) is 0 Å². The van der Waals surface area contributed by atoms with Crippen molar-refractivity contribution in [3.05, 3.63) is 45.8 Å². The van der Waals surface area contributed by atoms with Gasteiger partial charge in [-0.15, -0.1) is 0 Å². The summed E-state index contributed by atoms with van der Waals surface area (Å²) in [6, 6.07) is 5.01. The van der Waals surface area contributed by atoms with Crippen molar-refractivity contribution in [3.8, 4) is 5.75 Å². The first-order valence-electron chi connectivity index (χ1n) is 5.32. The molecule has 100 valence electrons. The quantitative estimate of drug-likeness (QED) is 0.274. The molecule has 1 aromatic rings. The predicted octanol–water partition coefficient (Wildman–Crippen LogP) is 2.81. The van der Waals surface area contributed by atoms with Crippen LogP contribution in [0.1, 0.15) is 13.8 Å². The largest absolute Gasteiger partial charge is 0.514 e. The van der Waals surface area contributed by atoms with Gasteiger partial charge in [0, 0.05) is 26.0 Å². The Morgan fingerprint density at radius 3 is 2.47 bits per heavy atom. The molecule has 0 aromatic heterocycles. The van der Waals surface area contributed by atoms with Gasteiger partial charge >= 0.3 is 6.16 Å². The Bertz CT molecular complexity index is 516. The molecule has 0 amide bonds. The van der Waals surface area contributed by atoms with Crippen molar-refractivity contribution in [2.75, 3.05) is 6.61 Å². The van der Waals surface area contributed by atoms with Gasteiger partial charge in [-0.25, -0.2) is 11.4 Å². The van der Waals surface area contributed by atoms with Crippen LogP contribution in [0.25, 0.3) is 4.85 Å². The van der Waals surface area contributed by atoms with Gasteiger partial charge in [0.1, 0.15) is 5.75 Å². The summed E-state index contributed by atoms with van der Waals surface area (Å²) < 4.78 is 9.57. The number of carbonyl (C=O) groups is 1. The zero-order valence-electron chi connectivity index (χ0n) is 10.5. The normalized spacial score (nSPS) is 10.4. The van der Waals surface area contributed by atoms with Crippen molar-refractivity contribution in [2.24, 2.45) is 0 Å². The fourth-order valence-electron chi connectivity index (χ4n) is 1.03. The lowest BCUT2D eigenvalue weighted by atomic mass is 10.1. The minimum atomic E-state index is -0.953. The number of non-ortho nitro benzene ring substituents is 1. The number of carbonyl (C=O) groups excluding carboxylic acids is 1. The Morgan fingerprint density at radius 1 is 1.42 bits per heavy atom. The Balaban J connectivity index is 2.54. The maximum Gasteiger partial charge on any atom is 0.514 e. The molecule has 7 heteroatoms. The second-order valence-electron chi connectivity index (χ2n) is 4.32. The van der Waals surface area contributed by atoms with E-state index in [1.54, 1.807) is 13.8 Å². The topological polar surface area (TPSA) is 83.0 Å². The van der Waals surface area contributed by atoms with Crippen LogP contribution >= 0.6 is 0 Å². The summed E-state index contributed by atoms with van der Waals surface area (Å²) >= 11 is 0. The number of ether oxygens (including phenoxy) is 2. The second kappa shape index (κ2) is 5.82. The van der Waals surface area contributed by atoms with Gasteiger partial charge in [-0.1, -0.05) is 0 Å². The van der Waals surface area contributed by atoms with Crippen LogP contribution in [-0.2, 0) is 4.74 Å². The van der Waals surface area contributed by atoms with Crippen molar-refractivity contribution in [2.45, 2.75) is 19.4 Å². The zero-order chi connectivity index (χ0) is 14.5. The van der Waals surface area contributed by atoms with E-state index in [0.29, 0.717) is 0 Å². The molecule has 0 N–H and O–H groups in total. The Kier molecular flexibility index (Phi) is 4.42. The van der Waals surface area contributed by atoms with E-state index >= 15 is 0 Å². The highest BCUT2D eigenvalue weighted by Gasteiger charge is 2.25. The fraction of sp³-hybridized carbons (Fsp3) is 0.333. The van der Waals surface area contributed by atoms with E-state index in [-0.39, 0.29) is 18.0 Å². The summed E-state index contributed by atoms with van der Waals surface area (Å²) in [5.41, 5.74) is -0.913. The number of benzene rings is 1. The Morgan fingerprint density at radius 2 is 2.00 bits per heavy atom. The van der Waals surface area contributed by atoms with Crippen LogP contribution < -0.4 is 4.74 Å². The van der Waals surface area contributed by atoms with Crippen LogP contribution in [0.4, 0.5) is 10.5 Å². The third-order valence-corrected chi connectivity index (χ3v) is 2.09. The first-order valence-corrected chi connectivity index (χ1v) is 5.32. The highest BCUT2D eigenvalue weighted by Crippen LogP contribution is 2.18. The molecule has 0 spiro atoms. The summed E-state index contributed by atoms with van der Waals surface area (Å²) in [7, 11) is 0. The summed E-state index contributed by atoms with van der Waals surface area (Å²) in [6.45, 7) is 10.0. The predicted molar refractivity (Wildman–Crippen MR) is 65.8 cm³/mol. The molecule has 7 nitrogen and oxygen atoms in total. The van der Waals surface area contributed by atoms with E-state index < -0.39 is 16.6 Å². The minimum Gasteiger partial charge on any atom is -0.425 e. The molecule has 0 bridgehead atoms. The van der Waals surface area contributed by atoms with E-state index in [1.165, 1.54) is 24.3 Å². The van der Waals surface area contributed by atoms with Gasteiger partial charge in [-0.2, -0.15) is 0 Å². The highest BCUT2D eigenvalue weighted by atomic mass is 16.7. The number of nitro benzene ring substituents is 1. The zero-order valence-corrected chi connectivity index (χ0v) is 10.5. The molecular formula is C12H12N2O5. The number of rotatable bonds is 4. The SMILES string of the molecule is [C-]#[N+]C(C)(C)COC(=O)Oc1ccc([N+](=O)[O-])cc1. The first kappa shape index (κ1) is 14.4. The molecule has 0 atom stereocenters. The fourth-order valence-corrected chi connectivity index (χ4v) is 1.03. The molecule has 0 aliphatic carbocycles. The van der Waals surface area contributed by atoms with Gasteiger partial charge in [0.2, 0.25) is 0 Å². The Hall–Kier alpha value is -2.62.